The predicted molar refractivity (Wildman–Crippen MR) is 129 cm³/mol. The van der Waals surface area contributed by atoms with Gasteiger partial charge in [0.15, 0.2) is 5.96 Å². The van der Waals surface area contributed by atoms with Gasteiger partial charge < -0.3 is 25.6 Å². The number of methoxy groups -OCH3 is 1. The Morgan fingerprint density at radius 2 is 2.03 bits per heavy atom. The zero-order chi connectivity index (χ0) is 24.9. The summed E-state index contributed by atoms with van der Waals surface area (Å²) in [5.41, 5.74) is 8.62. The Morgan fingerprint density at radius 1 is 1.26 bits per heavy atom. The summed E-state index contributed by atoms with van der Waals surface area (Å²) in [7, 11) is 1.55. The molecule has 4 N–H and O–H groups in total. The molecular formula is C26H30N4O5. The third-order valence-corrected chi connectivity index (χ3v) is 6.93. The number of rotatable bonds is 4. The highest BCUT2D eigenvalue weighted by Gasteiger charge is 2.44. The van der Waals surface area contributed by atoms with Gasteiger partial charge >= 0.3 is 0 Å². The molecule has 3 aliphatic rings. The normalized spacial score (nSPS) is 26.9. The average molecular weight is 479 g/mol. The zero-order valence-electron chi connectivity index (χ0n) is 20.0. The van der Waals surface area contributed by atoms with E-state index in [4.69, 9.17) is 15.2 Å². The standard InChI is InChI=1S/C26H30N4O5/c1-26(2)12-21(32)30(25(27)29-26)23-17-10-15(8-9-19(17)35-13-20(23)34-3)24(33)28-22-16-7-5-4-6-14(16)11-18(22)31/h4-10,18,20,22-23,31H,11-13H2,1-3H3,(H2,27,29)(H,28,33)/t18-,20?,22-,23?/m1/s1. The van der Waals surface area contributed by atoms with Crippen LogP contribution < -0.4 is 15.8 Å². The van der Waals surface area contributed by atoms with E-state index in [1.54, 1.807) is 25.3 Å². The molecule has 0 aromatic heterocycles. The van der Waals surface area contributed by atoms with Crippen LogP contribution in [0.5, 0.6) is 5.75 Å². The lowest BCUT2D eigenvalue weighted by Crippen LogP contribution is -2.55. The topological polar surface area (TPSA) is 126 Å². The third kappa shape index (κ3) is 4.15. The lowest BCUT2D eigenvalue weighted by atomic mass is 9.91. The second-order valence-electron chi connectivity index (χ2n) is 9.93. The van der Waals surface area contributed by atoms with Crippen LogP contribution in [0.25, 0.3) is 0 Å². The minimum atomic E-state index is -0.701. The molecule has 0 fully saturated rings. The van der Waals surface area contributed by atoms with Crippen molar-refractivity contribution in [2.24, 2.45) is 10.7 Å². The molecule has 0 spiro atoms. The number of carbonyl (C=O) groups is 2. The van der Waals surface area contributed by atoms with Crippen LogP contribution in [0.4, 0.5) is 0 Å². The Hall–Kier alpha value is -3.43. The first kappa shape index (κ1) is 23.3. The summed E-state index contributed by atoms with van der Waals surface area (Å²) < 4.78 is 11.5. The number of amides is 2. The van der Waals surface area contributed by atoms with Crippen LogP contribution in [-0.2, 0) is 16.0 Å². The van der Waals surface area contributed by atoms with Gasteiger partial charge in [0, 0.05) is 24.7 Å². The number of aliphatic hydroxyl groups excluding tert-OH is 1. The van der Waals surface area contributed by atoms with Crippen molar-refractivity contribution < 1.29 is 24.2 Å². The number of aliphatic hydroxyl groups is 1. The number of nitrogens with two attached hydrogens (primary N) is 1. The van der Waals surface area contributed by atoms with Crippen LogP contribution in [0.1, 0.15) is 59.4 Å². The molecular weight excluding hydrogens is 448 g/mol. The first-order valence-corrected chi connectivity index (χ1v) is 11.7. The van der Waals surface area contributed by atoms with Gasteiger partial charge in [-0.15, -0.1) is 0 Å². The van der Waals surface area contributed by atoms with Gasteiger partial charge in [0.2, 0.25) is 5.91 Å². The number of aliphatic imine (C=N–C) groups is 1. The Kier molecular flexibility index (Phi) is 5.77. The van der Waals surface area contributed by atoms with Crippen molar-refractivity contribution in [3.8, 4) is 5.75 Å². The van der Waals surface area contributed by atoms with E-state index < -0.39 is 29.8 Å². The maximum absolute atomic E-state index is 13.3. The van der Waals surface area contributed by atoms with Crippen LogP contribution in [0.15, 0.2) is 47.5 Å². The number of guanidine groups is 1. The van der Waals surface area contributed by atoms with E-state index in [-0.39, 0.29) is 30.8 Å². The smallest absolute Gasteiger partial charge is 0.251 e. The molecule has 0 radical (unpaired) electrons. The van der Waals surface area contributed by atoms with Crippen LogP contribution >= 0.6 is 0 Å². The van der Waals surface area contributed by atoms with Gasteiger partial charge in [-0.05, 0) is 43.2 Å². The fraction of sp³-hybridized carbons (Fsp3) is 0.423. The third-order valence-electron chi connectivity index (χ3n) is 6.93. The molecule has 0 saturated carbocycles. The number of hydrogen-bond donors (Lipinski definition) is 3. The van der Waals surface area contributed by atoms with Gasteiger partial charge in [-0.25, -0.2) is 4.99 Å². The highest BCUT2D eigenvalue weighted by atomic mass is 16.5. The SMILES string of the molecule is COC1COc2ccc(C(=O)N[C@@H]3c4ccccc4C[C@H]3O)cc2C1N1C(=O)CC(C)(C)N=C1N. The zero-order valence-corrected chi connectivity index (χ0v) is 20.0. The Morgan fingerprint density at radius 3 is 2.77 bits per heavy atom. The molecule has 9 nitrogen and oxygen atoms in total. The van der Waals surface area contributed by atoms with E-state index in [1.165, 1.54) is 4.90 Å². The monoisotopic (exact) mass is 478 g/mol. The molecule has 2 amide bonds. The first-order valence-electron chi connectivity index (χ1n) is 11.7. The molecule has 2 heterocycles. The van der Waals surface area contributed by atoms with E-state index in [0.29, 0.717) is 23.3 Å². The Bertz CT molecular complexity index is 1210. The summed E-state index contributed by atoms with van der Waals surface area (Å²) in [6.07, 6.45) is -0.504. The Balaban J connectivity index is 1.48. The van der Waals surface area contributed by atoms with Crippen LogP contribution in [0, 0.1) is 0 Å². The van der Waals surface area contributed by atoms with Gasteiger partial charge in [-0.2, -0.15) is 0 Å². The highest BCUT2D eigenvalue weighted by Crippen LogP contribution is 2.40. The van der Waals surface area contributed by atoms with Crippen molar-refractivity contribution in [1.82, 2.24) is 10.2 Å². The minimum absolute atomic E-state index is 0.117. The summed E-state index contributed by atoms with van der Waals surface area (Å²) in [5.74, 6) is 0.172. The molecule has 0 saturated heterocycles. The Labute approximate surface area is 203 Å². The first-order chi connectivity index (χ1) is 16.7. The van der Waals surface area contributed by atoms with Crippen LogP contribution in [0.2, 0.25) is 0 Å². The molecule has 9 heteroatoms. The van der Waals surface area contributed by atoms with Crippen molar-refractivity contribution >= 4 is 17.8 Å². The molecule has 5 rings (SSSR count). The minimum Gasteiger partial charge on any atom is -0.490 e. The van der Waals surface area contributed by atoms with Gasteiger partial charge in [0.1, 0.15) is 18.5 Å². The van der Waals surface area contributed by atoms with Crippen LogP contribution in [-0.4, -0.2) is 59.2 Å². The number of hydrogen-bond acceptors (Lipinski definition) is 7. The lowest BCUT2D eigenvalue weighted by molar-refractivity contribution is -0.134. The highest BCUT2D eigenvalue weighted by molar-refractivity contribution is 6.00. The summed E-state index contributed by atoms with van der Waals surface area (Å²) in [5, 5.41) is 13.5. The van der Waals surface area contributed by atoms with Crippen molar-refractivity contribution in [1.29, 1.82) is 0 Å². The molecule has 2 aliphatic heterocycles. The summed E-state index contributed by atoms with van der Waals surface area (Å²) in [6, 6.07) is 11.7. The molecule has 2 aromatic rings. The second kappa shape index (κ2) is 8.66. The number of carbonyl (C=O) groups excluding carboxylic acids is 2. The molecule has 2 aromatic carbocycles. The summed E-state index contributed by atoms with van der Waals surface area (Å²) in [6.45, 7) is 3.95. The van der Waals surface area contributed by atoms with Gasteiger partial charge in [-0.1, -0.05) is 24.3 Å². The fourth-order valence-electron chi connectivity index (χ4n) is 5.27. The summed E-state index contributed by atoms with van der Waals surface area (Å²) in [4.78, 5) is 32.4. The van der Waals surface area contributed by atoms with E-state index in [2.05, 4.69) is 10.3 Å². The molecule has 0 bridgehead atoms. The lowest BCUT2D eigenvalue weighted by Gasteiger charge is -2.42. The van der Waals surface area contributed by atoms with Gasteiger partial charge in [0.05, 0.1) is 30.1 Å². The van der Waals surface area contributed by atoms with Crippen molar-refractivity contribution in [3.05, 3.63) is 64.7 Å². The molecule has 184 valence electrons. The van der Waals surface area contributed by atoms with Gasteiger partial charge in [0.25, 0.3) is 5.91 Å². The average Bonchev–Trinajstić information content (AvgIpc) is 3.12. The second-order valence-corrected chi connectivity index (χ2v) is 9.93. The predicted octanol–water partition coefficient (Wildman–Crippen LogP) is 1.85. The van der Waals surface area contributed by atoms with Crippen molar-refractivity contribution in [2.75, 3.05) is 13.7 Å². The molecule has 35 heavy (non-hydrogen) atoms. The number of nitrogens with zero attached hydrogens (tertiary/aromatic N) is 2. The number of fused-ring (bicyclic) bond motifs is 2. The number of benzene rings is 2. The van der Waals surface area contributed by atoms with E-state index in [1.807, 2.05) is 38.1 Å². The molecule has 4 atom stereocenters. The van der Waals surface area contributed by atoms with Crippen molar-refractivity contribution in [3.63, 3.8) is 0 Å². The number of nitrogens with one attached hydrogen (secondary N) is 1. The quantitative estimate of drug-likeness (QED) is 0.616. The van der Waals surface area contributed by atoms with Gasteiger partial charge in [-0.3, -0.25) is 14.5 Å². The fourth-order valence-corrected chi connectivity index (χ4v) is 5.27. The van der Waals surface area contributed by atoms with Crippen molar-refractivity contribution in [2.45, 2.75) is 56.5 Å². The molecule has 1 aliphatic carbocycles. The van der Waals surface area contributed by atoms with E-state index in [0.717, 1.165) is 11.1 Å². The van der Waals surface area contributed by atoms with E-state index in [9.17, 15) is 14.7 Å². The van der Waals surface area contributed by atoms with E-state index >= 15 is 0 Å². The number of ether oxygens (including phenoxy) is 2. The molecule has 2 unspecified atom stereocenters. The maximum atomic E-state index is 13.3. The maximum Gasteiger partial charge on any atom is 0.251 e. The van der Waals surface area contributed by atoms with Crippen LogP contribution in [0.3, 0.4) is 0 Å². The largest absolute Gasteiger partial charge is 0.490 e. The summed E-state index contributed by atoms with van der Waals surface area (Å²) >= 11 is 0.